The van der Waals surface area contributed by atoms with E-state index in [0.717, 1.165) is 5.82 Å². The van der Waals surface area contributed by atoms with Gasteiger partial charge in [0.25, 0.3) is 0 Å². The topological polar surface area (TPSA) is 86.9 Å². The Morgan fingerprint density at radius 1 is 1.25 bits per heavy atom. The lowest BCUT2D eigenvalue weighted by molar-refractivity contribution is 0.101. The molecule has 2 aromatic rings. The molecule has 1 aromatic heterocycles. The third-order valence-corrected chi connectivity index (χ3v) is 2.75. The van der Waals surface area contributed by atoms with Crippen LogP contribution in [0.15, 0.2) is 36.7 Å². The molecule has 20 heavy (non-hydrogen) atoms. The summed E-state index contributed by atoms with van der Waals surface area (Å²) in [5, 5.41) is 5.43. The van der Waals surface area contributed by atoms with Crippen LogP contribution in [0.4, 0.5) is 10.5 Å². The minimum absolute atomic E-state index is 0.000510. The maximum Gasteiger partial charge on any atom is 0.319 e. The van der Waals surface area contributed by atoms with Crippen molar-refractivity contribution in [3.63, 3.8) is 0 Å². The van der Waals surface area contributed by atoms with Crippen molar-refractivity contribution in [2.24, 2.45) is 0 Å². The van der Waals surface area contributed by atoms with Gasteiger partial charge >= 0.3 is 6.03 Å². The Hall–Kier alpha value is -2.63. The van der Waals surface area contributed by atoms with E-state index in [4.69, 9.17) is 0 Å². The Morgan fingerprint density at radius 2 is 2.00 bits per heavy atom. The van der Waals surface area contributed by atoms with Gasteiger partial charge in [0.15, 0.2) is 5.78 Å². The highest BCUT2D eigenvalue weighted by molar-refractivity contribution is 5.95. The molecule has 6 heteroatoms. The highest BCUT2D eigenvalue weighted by Gasteiger charge is 2.03. The molecule has 0 unspecified atom stereocenters. The minimum atomic E-state index is -0.285. The molecule has 0 atom stereocenters. The van der Waals surface area contributed by atoms with Crippen LogP contribution in [-0.2, 0) is 6.42 Å². The van der Waals surface area contributed by atoms with E-state index in [0.29, 0.717) is 24.2 Å². The summed E-state index contributed by atoms with van der Waals surface area (Å²) >= 11 is 0. The predicted octanol–water partition coefficient (Wildman–Crippen LogP) is 1.98. The Morgan fingerprint density at radius 3 is 2.60 bits per heavy atom. The quantitative estimate of drug-likeness (QED) is 0.727. The van der Waals surface area contributed by atoms with Gasteiger partial charge in [0.1, 0.15) is 5.82 Å². The number of aromatic amines is 1. The van der Waals surface area contributed by atoms with Crippen molar-refractivity contribution in [1.29, 1.82) is 0 Å². The number of amides is 2. The number of benzene rings is 1. The number of aromatic nitrogens is 2. The lowest BCUT2D eigenvalue weighted by atomic mass is 10.1. The van der Waals surface area contributed by atoms with Crippen molar-refractivity contribution in [2.75, 3.05) is 11.9 Å². The van der Waals surface area contributed by atoms with E-state index in [2.05, 4.69) is 20.6 Å². The Bertz CT molecular complexity index is 576. The number of hydrogen-bond donors (Lipinski definition) is 3. The van der Waals surface area contributed by atoms with Crippen molar-refractivity contribution in [1.82, 2.24) is 15.3 Å². The number of imidazole rings is 1. The summed E-state index contributed by atoms with van der Waals surface area (Å²) in [4.78, 5) is 29.8. The molecule has 6 nitrogen and oxygen atoms in total. The lowest BCUT2D eigenvalue weighted by Gasteiger charge is -2.07. The molecule has 1 aromatic carbocycles. The first-order valence-electron chi connectivity index (χ1n) is 6.29. The van der Waals surface area contributed by atoms with Crippen LogP contribution in [0.1, 0.15) is 23.1 Å². The average Bonchev–Trinajstić information content (AvgIpc) is 2.92. The zero-order chi connectivity index (χ0) is 14.4. The molecule has 0 aliphatic rings. The second-order valence-electron chi connectivity index (χ2n) is 4.30. The van der Waals surface area contributed by atoms with Crippen LogP contribution in [0.3, 0.4) is 0 Å². The van der Waals surface area contributed by atoms with Crippen molar-refractivity contribution in [3.05, 3.63) is 48.0 Å². The number of rotatable bonds is 5. The van der Waals surface area contributed by atoms with Gasteiger partial charge in [0, 0.05) is 36.6 Å². The lowest BCUT2D eigenvalue weighted by Crippen LogP contribution is -2.30. The molecule has 0 fully saturated rings. The summed E-state index contributed by atoms with van der Waals surface area (Å²) < 4.78 is 0. The number of carbonyl (C=O) groups is 2. The van der Waals surface area contributed by atoms with E-state index in [-0.39, 0.29) is 11.8 Å². The largest absolute Gasteiger partial charge is 0.349 e. The van der Waals surface area contributed by atoms with E-state index in [1.807, 2.05) is 0 Å². The first-order chi connectivity index (χ1) is 9.65. The van der Waals surface area contributed by atoms with Crippen molar-refractivity contribution >= 4 is 17.5 Å². The summed E-state index contributed by atoms with van der Waals surface area (Å²) in [5.74, 6) is 0.829. The molecular formula is C14H16N4O2. The van der Waals surface area contributed by atoms with Crippen LogP contribution in [0.5, 0.6) is 0 Å². The molecule has 0 bridgehead atoms. The summed E-state index contributed by atoms with van der Waals surface area (Å²) in [6.45, 7) is 1.99. The van der Waals surface area contributed by atoms with Crippen LogP contribution in [0, 0.1) is 0 Å². The molecule has 0 spiro atoms. The highest BCUT2D eigenvalue weighted by Crippen LogP contribution is 2.09. The molecule has 0 aliphatic heterocycles. The number of nitrogens with zero attached hydrogens (tertiary/aromatic N) is 1. The van der Waals surface area contributed by atoms with Gasteiger partial charge in [-0.3, -0.25) is 4.79 Å². The second kappa shape index (κ2) is 6.51. The summed E-state index contributed by atoms with van der Waals surface area (Å²) in [5.41, 5.74) is 1.26. The third kappa shape index (κ3) is 3.94. The summed E-state index contributed by atoms with van der Waals surface area (Å²) in [6, 6.07) is 6.47. The third-order valence-electron chi connectivity index (χ3n) is 2.75. The normalized spacial score (nSPS) is 10.1. The van der Waals surface area contributed by atoms with Crippen LogP contribution < -0.4 is 10.6 Å². The fourth-order valence-electron chi connectivity index (χ4n) is 1.69. The van der Waals surface area contributed by atoms with Gasteiger partial charge in [0.2, 0.25) is 0 Å². The van der Waals surface area contributed by atoms with Gasteiger partial charge in [-0.1, -0.05) is 0 Å². The number of hydrogen-bond acceptors (Lipinski definition) is 3. The molecule has 3 N–H and O–H groups in total. The van der Waals surface area contributed by atoms with Gasteiger partial charge in [-0.2, -0.15) is 0 Å². The van der Waals surface area contributed by atoms with Crippen molar-refractivity contribution in [2.45, 2.75) is 13.3 Å². The molecule has 1 heterocycles. The van der Waals surface area contributed by atoms with Gasteiger partial charge in [-0.15, -0.1) is 0 Å². The van der Waals surface area contributed by atoms with E-state index < -0.39 is 0 Å². The molecule has 0 saturated carbocycles. The zero-order valence-corrected chi connectivity index (χ0v) is 11.1. The van der Waals surface area contributed by atoms with E-state index in [1.54, 1.807) is 36.7 Å². The second-order valence-corrected chi connectivity index (χ2v) is 4.30. The fraction of sp³-hybridized carbons (Fsp3) is 0.214. The Balaban J connectivity index is 1.77. The Labute approximate surface area is 116 Å². The first-order valence-corrected chi connectivity index (χ1v) is 6.29. The highest BCUT2D eigenvalue weighted by atomic mass is 16.2. The average molecular weight is 272 g/mol. The molecule has 104 valence electrons. The Kier molecular flexibility index (Phi) is 4.49. The first kappa shape index (κ1) is 13.8. The monoisotopic (exact) mass is 272 g/mol. The van der Waals surface area contributed by atoms with Gasteiger partial charge in [-0.05, 0) is 31.2 Å². The molecule has 2 amide bonds. The fourth-order valence-corrected chi connectivity index (χ4v) is 1.69. The maximum absolute atomic E-state index is 11.6. The maximum atomic E-state index is 11.6. The minimum Gasteiger partial charge on any atom is -0.349 e. The van der Waals surface area contributed by atoms with Crippen molar-refractivity contribution < 1.29 is 9.59 Å². The van der Waals surface area contributed by atoms with E-state index >= 15 is 0 Å². The predicted molar refractivity (Wildman–Crippen MR) is 75.8 cm³/mol. The van der Waals surface area contributed by atoms with Crippen LogP contribution in [0.2, 0.25) is 0 Å². The molecular weight excluding hydrogens is 256 g/mol. The molecule has 2 rings (SSSR count). The number of carbonyl (C=O) groups excluding carboxylic acids is 2. The van der Waals surface area contributed by atoms with Crippen LogP contribution >= 0.6 is 0 Å². The standard InChI is InChI=1S/C14H16N4O2/c1-10(19)11-2-4-12(5-3-11)18-14(20)17-7-6-13-15-8-9-16-13/h2-5,8-9H,6-7H2,1H3,(H,15,16)(H2,17,18,20). The van der Waals surface area contributed by atoms with Crippen molar-refractivity contribution in [3.8, 4) is 0 Å². The van der Waals surface area contributed by atoms with Crippen LogP contribution in [-0.4, -0.2) is 28.3 Å². The number of Topliss-reactive ketones (excluding diaryl/α,β-unsaturated/α-hetero) is 1. The van der Waals surface area contributed by atoms with Gasteiger partial charge < -0.3 is 15.6 Å². The summed E-state index contributed by atoms with van der Waals surface area (Å²) in [7, 11) is 0. The molecule has 0 saturated heterocycles. The number of ketones is 1. The SMILES string of the molecule is CC(=O)c1ccc(NC(=O)NCCc2ncc[nH]2)cc1. The van der Waals surface area contributed by atoms with E-state index in [9.17, 15) is 9.59 Å². The number of nitrogens with one attached hydrogen (secondary N) is 3. The number of H-pyrrole nitrogens is 1. The van der Waals surface area contributed by atoms with Gasteiger partial charge in [-0.25, -0.2) is 9.78 Å². The zero-order valence-electron chi connectivity index (χ0n) is 11.1. The van der Waals surface area contributed by atoms with E-state index in [1.165, 1.54) is 6.92 Å². The number of urea groups is 1. The van der Waals surface area contributed by atoms with Crippen LogP contribution in [0.25, 0.3) is 0 Å². The summed E-state index contributed by atoms with van der Waals surface area (Å²) in [6.07, 6.45) is 4.06. The smallest absolute Gasteiger partial charge is 0.319 e. The van der Waals surface area contributed by atoms with Gasteiger partial charge in [0.05, 0.1) is 0 Å². The number of anilines is 1. The molecule has 0 aliphatic carbocycles. The molecule has 0 radical (unpaired) electrons.